The Hall–Kier alpha value is -2.04. The van der Waals surface area contributed by atoms with Gasteiger partial charge in [0.2, 0.25) is 5.91 Å². The number of ether oxygens (including phenoxy) is 1. The first-order chi connectivity index (χ1) is 10.7. The minimum absolute atomic E-state index is 0.00743. The maximum Gasteiger partial charge on any atom is 0.311 e. The summed E-state index contributed by atoms with van der Waals surface area (Å²) in [6.07, 6.45) is 2.73. The molecule has 0 saturated carbocycles. The van der Waals surface area contributed by atoms with E-state index in [0.29, 0.717) is 13.2 Å². The van der Waals surface area contributed by atoms with Gasteiger partial charge in [0.05, 0.1) is 12.5 Å². The Kier molecular flexibility index (Phi) is 4.32. The molecule has 2 fully saturated rings. The fraction of sp³-hybridized carbons (Fsp3) is 0.529. The maximum atomic E-state index is 12.1. The molecule has 2 aliphatic heterocycles. The van der Waals surface area contributed by atoms with Crippen LogP contribution in [0.2, 0.25) is 0 Å². The molecule has 1 unspecified atom stereocenters. The third-order valence-corrected chi connectivity index (χ3v) is 4.38. The molecule has 5 heteroatoms. The number of carbonyl (C=O) groups excluding carboxylic acids is 2. The molecular weight excluding hydrogens is 280 g/mol. The van der Waals surface area contributed by atoms with Crippen LogP contribution in [-0.2, 0) is 14.3 Å². The highest BCUT2D eigenvalue weighted by Crippen LogP contribution is 2.28. The number of hydrogen-bond donors (Lipinski definition) is 0. The highest BCUT2D eigenvalue weighted by atomic mass is 16.5. The van der Waals surface area contributed by atoms with Crippen molar-refractivity contribution >= 4 is 23.3 Å². The summed E-state index contributed by atoms with van der Waals surface area (Å²) >= 11 is 0. The van der Waals surface area contributed by atoms with Gasteiger partial charge in [-0.25, -0.2) is 0 Å². The second-order valence-electron chi connectivity index (χ2n) is 5.87. The Morgan fingerprint density at radius 2 is 1.82 bits per heavy atom. The lowest BCUT2D eigenvalue weighted by Crippen LogP contribution is -2.26. The zero-order chi connectivity index (χ0) is 15.5. The van der Waals surface area contributed by atoms with Gasteiger partial charge in [0, 0.05) is 37.4 Å². The van der Waals surface area contributed by atoms with E-state index in [9.17, 15) is 9.59 Å². The van der Waals surface area contributed by atoms with Crippen LogP contribution in [0.15, 0.2) is 24.3 Å². The van der Waals surface area contributed by atoms with Crippen molar-refractivity contribution in [3.8, 4) is 0 Å². The molecule has 1 aromatic rings. The highest BCUT2D eigenvalue weighted by Gasteiger charge is 2.36. The predicted molar refractivity (Wildman–Crippen MR) is 85.0 cm³/mol. The van der Waals surface area contributed by atoms with Crippen LogP contribution in [0.25, 0.3) is 0 Å². The number of hydrogen-bond acceptors (Lipinski definition) is 4. The van der Waals surface area contributed by atoms with Crippen molar-refractivity contribution in [2.45, 2.75) is 26.2 Å². The summed E-state index contributed by atoms with van der Waals surface area (Å²) in [4.78, 5) is 28.0. The van der Waals surface area contributed by atoms with E-state index < -0.39 is 0 Å². The lowest BCUT2D eigenvalue weighted by atomic mass is 10.1. The summed E-state index contributed by atoms with van der Waals surface area (Å²) in [6.45, 7) is 4.76. The van der Waals surface area contributed by atoms with E-state index in [0.717, 1.165) is 18.8 Å². The molecule has 5 nitrogen and oxygen atoms in total. The van der Waals surface area contributed by atoms with Crippen LogP contribution in [0, 0.1) is 5.92 Å². The van der Waals surface area contributed by atoms with Crippen LogP contribution in [-0.4, -0.2) is 38.1 Å². The second-order valence-corrected chi connectivity index (χ2v) is 5.87. The Labute approximate surface area is 130 Å². The number of rotatable bonds is 4. The number of benzene rings is 1. The lowest BCUT2D eigenvalue weighted by molar-refractivity contribution is -0.147. The molecule has 0 aliphatic carbocycles. The molecule has 0 bridgehead atoms. The summed E-state index contributed by atoms with van der Waals surface area (Å²) in [7, 11) is 0. The summed E-state index contributed by atoms with van der Waals surface area (Å²) in [5.41, 5.74) is 2.06. The molecule has 0 aromatic heterocycles. The molecule has 118 valence electrons. The molecule has 2 aliphatic rings. The highest BCUT2D eigenvalue weighted by molar-refractivity contribution is 5.99. The van der Waals surface area contributed by atoms with Gasteiger partial charge in [-0.2, -0.15) is 0 Å². The van der Waals surface area contributed by atoms with Crippen LogP contribution in [0.5, 0.6) is 0 Å². The average molecular weight is 302 g/mol. The van der Waals surface area contributed by atoms with E-state index in [2.05, 4.69) is 17.0 Å². The average Bonchev–Trinajstić information content (AvgIpc) is 3.17. The zero-order valence-electron chi connectivity index (χ0n) is 13.0. The Morgan fingerprint density at radius 1 is 1.18 bits per heavy atom. The molecule has 0 spiro atoms. The van der Waals surface area contributed by atoms with Gasteiger partial charge in [0.25, 0.3) is 0 Å². The van der Waals surface area contributed by atoms with Gasteiger partial charge >= 0.3 is 5.97 Å². The van der Waals surface area contributed by atoms with Gasteiger partial charge < -0.3 is 14.5 Å². The van der Waals surface area contributed by atoms with E-state index in [-0.39, 0.29) is 24.2 Å². The van der Waals surface area contributed by atoms with Gasteiger partial charge in [-0.1, -0.05) is 0 Å². The molecule has 22 heavy (non-hydrogen) atoms. The maximum absolute atomic E-state index is 12.1. The molecule has 2 saturated heterocycles. The first kappa shape index (κ1) is 14.9. The van der Waals surface area contributed by atoms with E-state index in [1.165, 1.54) is 18.5 Å². The van der Waals surface area contributed by atoms with E-state index in [1.807, 2.05) is 12.1 Å². The minimum atomic E-state index is -0.342. The van der Waals surface area contributed by atoms with E-state index >= 15 is 0 Å². The molecule has 0 radical (unpaired) electrons. The number of amides is 1. The van der Waals surface area contributed by atoms with Crippen molar-refractivity contribution in [1.29, 1.82) is 0 Å². The fourth-order valence-corrected chi connectivity index (χ4v) is 3.19. The van der Waals surface area contributed by atoms with Crippen LogP contribution in [0.4, 0.5) is 11.4 Å². The molecule has 1 aromatic carbocycles. The van der Waals surface area contributed by atoms with Crippen molar-refractivity contribution in [3.05, 3.63) is 24.3 Å². The summed E-state index contributed by atoms with van der Waals surface area (Å²) in [5, 5.41) is 0. The van der Waals surface area contributed by atoms with Gasteiger partial charge in [-0.3, -0.25) is 9.59 Å². The van der Waals surface area contributed by atoms with Crippen molar-refractivity contribution in [1.82, 2.24) is 0 Å². The second kappa shape index (κ2) is 6.38. The Morgan fingerprint density at radius 3 is 2.45 bits per heavy atom. The zero-order valence-corrected chi connectivity index (χ0v) is 13.0. The normalized spacial score (nSPS) is 21.5. The standard InChI is InChI=1S/C17H22N2O3/c1-2-22-17(21)13-11-16(20)19(12-13)15-7-5-14(6-8-15)18-9-3-4-10-18/h5-8,13H,2-4,9-12H2,1H3. The number of carbonyl (C=O) groups is 2. The Balaban J connectivity index is 1.68. The van der Waals surface area contributed by atoms with Crippen molar-refractivity contribution in [3.63, 3.8) is 0 Å². The molecule has 0 N–H and O–H groups in total. The largest absolute Gasteiger partial charge is 0.466 e. The minimum Gasteiger partial charge on any atom is -0.466 e. The smallest absolute Gasteiger partial charge is 0.311 e. The summed E-state index contributed by atoms with van der Waals surface area (Å²) < 4.78 is 5.02. The molecule has 1 atom stereocenters. The van der Waals surface area contributed by atoms with Crippen LogP contribution < -0.4 is 9.80 Å². The quantitative estimate of drug-likeness (QED) is 0.800. The third kappa shape index (κ3) is 2.93. The SMILES string of the molecule is CCOC(=O)C1CC(=O)N(c2ccc(N3CCCC3)cc2)C1. The third-order valence-electron chi connectivity index (χ3n) is 4.38. The van der Waals surface area contributed by atoms with Crippen LogP contribution in [0.3, 0.4) is 0 Å². The number of anilines is 2. The van der Waals surface area contributed by atoms with Crippen molar-refractivity contribution in [2.75, 3.05) is 36.0 Å². The molecule has 3 rings (SSSR count). The number of nitrogens with zero attached hydrogens (tertiary/aromatic N) is 2. The molecule has 2 heterocycles. The van der Waals surface area contributed by atoms with Gasteiger partial charge in [0.15, 0.2) is 0 Å². The van der Waals surface area contributed by atoms with Gasteiger partial charge in [-0.15, -0.1) is 0 Å². The first-order valence-corrected chi connectivity index (χ1v) is 8.01. The predicted octanol–water partition coefficient (Wildman–Crippen LogP) is 2.20. The topological polar surface area (TPSA) is 49.9 Å². The van der Waals surface area contributed by atoms with E-state index in [4.69, 9.17) is 4.74 Å². The van der Waals surface area contributed by atoms with E-state index in [1.54, 1.807) is 11.8 Å². The van der Waals surface area contributed by atoms with Gasteiger partial charge in [-0.05, 0) is 44.0 Å². The van der Waals surface area contributed by atoms with Crippen molar-refractivity contribution in [2.24, 2.45) is 5.92 Å². The van der Waals surface area contributed by atoms with Gasteiger partial charge in [0.1, 0.15) is 0 Å². The Bertz CT molecular complexity index is 550. The first-order valence-electron chi connectivity index (χ1n) is 8.01. The van der Waals surface area contributed by atoms with Crippen LogP contribution in [0.1, 0.15) is 26.2 Å². The summed E-state index contributed by atoms with van der Waals surface area (Å²) in [5.74, 6) is -0.621. The fourth-order valence-electron chi connectivity index (χ4n) is 3.19. The lowest BCUT2D eigenvalue weighted by Gasteiger charge is -2.20. The van der Waals surface area contributed by atoms with Crippen LogP contribution >= 0.6 is 0 Å². The molecular formula is C17H22N2O3. The summed E-state index contributed by atoms with van der Waals surface area (Å²) in [6, 6.07) is 8.06. The molecule has 1 amide bonds. The number of esters is 1. The monoisotopic (exact) mass is 302 g/mol. The van der Waals surface area contributed by atoms with Crippen molar-refractivity contribution < 1.29 is 14.3 Å².